The summed E-state index contributed by atoms with van der Waals surface area (Å²) < 4.78 is 1.83. The zero-order chi connectivity index (χ0) is 20.9. The first-order valence-electron chi connectivity index (χ1n) is 10.3. The standard InChI is InChI=1S/C23H26N6O/c1-15(16-11-22(2)6-7-23(3,12-16)28-22)21-25-13-19(26-27-21)18-5-4-17(10-20(18)30)29-9-8-24-14-29/h4-5,8-10,13-14,16,28,30H,1,6-7,11-12H2,2-3H3. The number of aromatic nitrogens is 5. The third-order valence-electron chi connectivity index (χ3n) is 6.63. The number of nitrogens with zero attached hydrogens (tertiary/aromatic N) is 5. The number of imidazole rings is 1. The van der Waals surface area contributed by atoms with Gasteiger partial charge in [-0.1, -0.05) is 6.58 Å². The van der Waals surface area contributed by atoms with E-state index in [1.807, 2.05) is 22.9 Å². The van der Waals surface area contributed by atoms with Crippen LogP contribution in [0.15, 0.2) is 49.7 Å². The van der Waals surface area contributed by atoms with E-state index in [2.05, 4.69) is 45.9 Å². The second-order valence-electron chi connectivity index (χ2n) is 9.22. The number of aromatic hydroxyl groups is 1. The third-order valence-corrected chi connectivity index (χ3v) is 6.63. The van der Waals surface area contributed by atoms with Crippen molar-refractivity contribution in [1.82, 2.24) is 30.0 Å². The first-order valence-corrected chi connectivity index (χ1v) is 10.3. The van der Waals surface area contributed by atoms with Gasteiger partial charge in [0.2, 0.25) is 0 Å². The van der Waals surface area contributed by atoms with Crippen LogP contribution < -0.4 is 5.32 Å². The lowest BCUT2D eigenvalue weighted by atomic mass is 9.77. The normalized spacial score (nSPS) is 27.9. The highest BCUT2D eigenvalue weighted by atomic mass is 16.3. The number of rotatable bonds is 4. The molecular weight excluding hydrogens is 376 g/mol. The van der Waals surface area contributed by atoms with E-state index in [1.54, 1.807) is 24.8 Å². The van der Waals surface area contributed by atoms with Crippen LogP contribution in [0.3, 0.4) is 0 Å². The van der Waals surface area contributed by atoms with Crippen molar-refractivity contribution in [2.24, 2.45) is 5.92 Å². The summed E-state index contributed by atoms with van der Waals surface area (Å²) in [5, 5.41) is 23.0. The summed E-state index contributed by atoms with van der Waals surface area (Å²) in [5.41, 5.74) is 3.23. The lowest BCUT2D eigenvalue weighted by molar-refractivity contribution is 0.201. The molecule has 5 rings (SSSR count). The minimum absolute atomic E-state index is 0.125. The highest BCUT2D eigenvalue weighted by Crippen LogP contribution is 2.47. The molecule has 7 heteroatoms. The van der Waals surface area contributed by atoms with Crippen molar-refractivity contribution in [3.8, 4) is 22.7 Å². The molecule has 2 saturated heterocycles. The van der Waals surface area contributed by atoms with Crippen LogP contribution in [-0.4, -0.2) is 40.9 Å². The Kier molecular flexibility index (Phi) is 4.25. The van der Waals surface area contributed by atoms with Gasteiger partial charge in [0.1, 0.15) is 11.4 Å². The van der Waals surface area contributed by atoms with Gasteiger partial charge in [0.05, 0.1) is 18.2 Å². The summed E-state index contributed by atoms with van der Waals surface area (Å²) in [6.07, 6.45) is 11.3. The number of phenolic OH excluding ortho intramolecular Hbond substituents is 1. The highest BCUT2D eigenvalue weighted by molar-refractivity contribution is 5.68. The van der Waals surface area contributed by atoms with E-state index in [0.29, 0.717) is 23.0 Å². The molecule has 2 fully saturated rings. The molecule has 1 aromatic carbocycles. The Balaban J connectivity index is 1.36. The summed E-state index contributed by atoms with van der Waals surface area (Å²) in [6, 6.07) is 5.40. The molecule has 4 heterocycles. The van der Waals surface area contributed by atoms with E-state index in [-0.39, 0.29) is 16.8 Å². The first kappa shape index (κ1) is 18.9. The van der Waals surface area contributed by atoms with Crippen LogP contribution in [0.1, 0.15) is 45.4 Å². The molecule has 0 aliphatic carbocycles. The van der Waals surface area contributed by atoms with E-state index in [4.69, 9.17) is 0 Å². The Morgan fingerprint density at radius 3 is 2.57 bits per heavy atom. The molecule has 2 bridgehead atoms. The summed E-state index contributed by atoms with van der Waals surface area (Å²) >= 11 is 0. The fourth-order valence-electron chi connectivity index (χ4n) is 5.16. The second-order valence-corrected chi connectivity index (χ2v) is 9.22. The molecule has 3 aromatic rings. The van der Waals surface area contributed by atoms with E-state index in [9.17, 15) is 5.11 Å². The van der Waals surface area contributed by atoms with Gasteiger partial charge in [-0.05, 0) is 63.2 Å². The molecule has 2 atom stereocenters. The van der Waals surface area contributed by atoms with Crippen molar-refractivity contribution in [3.63, 3.8) is 0 Å². The van der Waals surface area contributed by atoms with Gasteiger partial charge < -0.3 is 15.0 Å². The highest BCUT2D eigenvalue weighted by Gasteiger charge is 2.49. The van der Waals surface area contributed by atoms with E-state index in [0.717, 1.165) is 24.1 Å². The van der Waals surface area contributed by atoms with Crippen LogP contribution in [0.2, 0.25) is 0 Å². The summed E-state index contributed by atoms with van der Waals surface area (Å²) in [5.74, 6) is 1.06. The molecule has 2 N–H and O–H groups in total. The Morgan fingerprint density at radius 2 is 1.97 bits per heavy atom. The number of nitrogens with one attached hydrogen (secondary N) is 1. The zero-order valence-electron chi connectivity index (χ0n) is 17.3. The van der Waals surface area contributed by atoms with Gasteiger partial charge in [0.15, 0.2) is 5.82 Å². The Labute approximate surface area is 175 Å². The number of piperidine rings is 1. The predicted molar refractivity (Wildman–Crippen MR) is 115 cm³/mol. The quantitative estimate of drug-likeness (QED) is 0.691. The number of fused-ring (bicyclic) bond motifs is 2. The van der Waals surface area contributed by atoms with Gasteiger partial charge in [-0.3, -0.25) is 0 Å². The Hall–Kier alpha value is -3.06. The van der Waals surface area contributed by atoms with Crippen LogP contribution in [0, 0.1) is 5.92 Å². The van der Waals surface area contributed by atoms with Gasteiger partial charge in [-0.2, -0.15) is 0 Å². The van der Waals surface area contributed by atoms with Crippen molar-refractivity contribution in [1.29, 1.82) is 0 Å². The fourth-order valence-corrected chi connectivity index (χ4v) is 5.16. The molecule has 0 amide bonds. The van der Waals surface area contributed by atoms with E-state index < -0.39 is 0 Å². The van der Waals surface area contributed by atoms with Gasteiger partial charge in [0.25, 0.3) is 0 Å². The molecule has 7 nitrogen and oxygen atoms in total. The molecule has 2 unspecified atom stereocenters. The Morgan fingerprint density at radius 1 is 1.20 bits per heavy atom. The maximum atomic E-state index is 10.5. The molecular formula is C23H26N6O. The van der Waals surface area contributed by atoms with Crippen molar-refractivity contribution in [3.05, 3.63) is 55.5 Å². The summed E-state index contributed by atoms with van der Waals surface area (Å²) in [6.45, 7) is 8.92. The average molecular weight is 403 g/mol. The lowest BCUT2D eigenvalue weighted by Crippen LogP contribution is -2.53. The number of phenols is 1. The van der Waals surface area contributed by atoms with Crippen molar-refractivity contribution < 1.29 is 5.11 Å². The molecule has 0 spiro atoms. The number of benzene rings is 1. The summed E-state index contributed by atoms with van der Waals surface area (Å²) in [7, 11) is 0. The van der Waals surface area contributed by atoms with Crippen LogP contribution in [0.5, 0.6) is 5.75 Å². The average Bonchev–Trinajstić information content (AvgIpc) is 3.33. The maximum Gasteiger partial charge on any atom is 0.177 e. The molecule has 0 radical (unpaired) electrons. The predicted octanol–water partition coefficient (Wildman–Crippen LogP) is 3.75. The largest absolute Gasteiger partial charge is 0.507 e. The van der Waals surface area contributed by atoms with Crippen molar-refractivity contribution in [2.45, 2.75) is 50.6 Å². The number of hydrogen-bond donors (Lipinski definition) is 2. The van der Waals surface area contributed by atoms with Crippen LogP contribution >= 0.6 is 0 Å². The Bertz CT molecular complexity index is 1080. The van der Waals surface area contributed by atoms with Gasteiger partial charge in [-0.15, -0.1) is 10.2 Å². The fraction of sp³-hybridized carbons (Fsp3) is 0.391. The van der Waals surface area contributed by atoms with Crippen molar-refractivity contribution >= 4 is 5.57 Å². The molecule has 30 heavy (non-hydrogen) atoms. The molecule has 2 aliphatic rings. The number of allylic oxidation sites excluding steroid dienone is 1. The van der Waals surface area contributed by atoms with Crippen molar-refractivity contribution in [2.75, 3.05) is 0 Å². The van der Waals surface area contributed by atoms with Crippen LogP contribution in [0.4, 0.5) is 0 Å². The lowest BCUT2D eigenvalue weighted by Gasteiger charge is -2.42. The topological polar surface area (TPSA) is 88.8 Å². The third kappa shape index (κ3) is 3.29. The van der Waals surface area contributed by atoms with Crippen LogP contribution in [0.25, 0.3) is 22.5 Å². The summed E-state index contributed by atoms with van der Waals surface area (Å²) in [4.78, 5) is 8.57. The molecule has 2 aromatic heterocycles. The van der Waals surface area contributed by atoms with E-state index >= 15 is 0 Å². The number of hydrogen-bond acceptors (Lipinski definition) is 6. The first-order chi connectivity index (χ1) is 14.3. The van der Waals surface area contributed by atoms with Gasteiger partial charge >= 0.3 is 0 Å². The minimum atomic E-state index is 0.125. The van der Waals surface area contributed by atoms with E-state index in [1.165, 1.54) is 12.8 Å². The molecule has 2 aliphatic heterocycles. The molecule has 0 saturated carbocycles. The second kappa shape index (κ2) is 6.74. The minimum Gasteiger partial charge on any atom is -0.507 e. The van der Waals surface area contributed by atoms with Gasteiger partial charge in [0, 0.05) is 35.1 Å². The van der Waals surface area contributed by atoms with Crippen LogP contribution in [-0.2, 0) is 0 Å². The SMILES string of the molecule is C=C(c1ncc(-c2ccc(-n3ccnc3)cc2O)nn1)C1CC2(C)CCC(C)(C1)N2. The molecule has 154 valence electrons. The smallest absolute Gasteiger partial charge is 0.177 e. The zero-order valence-corrected chi connectivity index (χ0v) is 17.3. The monoisotopic (exact) mass is 402 g/mol. The maximum absolute atomic E-state index is 10.5. The van der Waals surface area contributed by atoms with Gasteiger partial charge in [-0.25, -0.2) is 9.97 Å².